The largest absolute Gasteiger partial charge is 0.497 e. The molecule has 4 nitrogen and oxygen atoms in total. The van der Waals surface area contributed by atoms with Gasteiger partial charge in [0.15, 0.2) is 0 Å². The number of hydrogen-bond donors (Lipinski definition) is 1. The number of carbonyl (C=O) groups is 1. The fraction of sp³-hybridized carbons (Fsp3) is 0.316. The zero-order valence-corrected chi connectivity index (χ0v) is 13.5. The predicted molar refractivity (Wildman–Crippen MR) is 89.2 cm³/mol. The number of hydrogen-bond acceptors (Lipinski definition) is 3. The average molecular weight is 311 g/mol. The monoisotopic (exact) mass is 311 g/mol. The molecule has 3 rings (SSSR count). The topological polar surface area (TPSA) is 47.6 Å². The maximum absolute atomic E-state index is 12.0. The summed E-state index contributed by atoms with van der Waals surface area (Å²) < 4.78 is 11.1. The molecule has 0 saturated carbocycles. The molecule has 4 heteroatoms. The number of benzene rings is 2. The van der Waals surface area contributed by atoms with E-state index in [0.29, 0.717) is 12.5 Å². The molecule has 0 saturated heterocycles. The molecule has 1 aliphatic heterocycles. The molecule has 0 aliphatic carbocycles. The molecule has 23 heavy (non-hydrogen) atoms. The maximum atomic E-state index is 12.0. The molecular formula is C19H21NO3. The minimum absolute atomic E-state index is 0.0394. The molecule has 1 N–H and O–H groups in total. The van der Waals surface area contributed by atoms with Gasteiger partial charge in [-0.2, -0.15) is 0 Å². The van der Waals surface area contributed by atoms with Crippen LogP contribution in [0.5, 0.6) is 11.5 Å². The van der Waals surface area contributed by atoms with Gasteiger partial charge in [-0.15, -0.1) is 0 Å². The lowest BCUT2D eigenvalue weighted by molar-refractivity contribution is 0.0961. The molecule has 1 heterocycles. The van der Waals surface area contributed by atoms with Crippen LogP contribution in [0.4, 0.5) is 0 Å². The highest BCUT2D eigenvalue weighted by Crippen LogP contribution is 2.32. The standard InChI is InChI=1S/C19H21NO3/c1-20-19(21)17-6-4-3-5-14(17)9-13-10-15-7-8-16(22-2)11-18(15)23-12-13/h3-8,11,13H,9-10,12H2,1-2H3,(H,20,21). The van der Waals surface area contributed by atoms with Crippen LogP contribution in [0.25, 0.3) is 0 Å². The summed E-state index contributed by atoms with van der Waals surface area (Å²) in [5, 5.41) is 2.70. The third-order valence-electron chi connectivity index (χ3n) is 4.26. The van der Waals surface area contributed by atoms with Crippen LogP contribution in [0.2, 0.25) is 0 Å². The fourth-order valence-corrected chi connectivity index (χ4v) is 3.04. The van der Waals surface area contributed by atoms with E-state index in [-0.39, 0.29) is 5.91 Å². The molecule has 0 spiro atoms. The highest BCUT2D eigenvalue weighted by Gasteiger charge is 2.22. The van der Waals surface area contributed by atoms with Gasteiger partial charge in [0.25, 0.3) is 5.91 Å². The number of rotatable bonds is 4. The Bertz CT molecular complexity index is 712. The van der Waals surface area contributed by atoms with Crippen molar-refractivity contribution in [1.82, 2.24) is 5.32 Å². The number of amides is 1. The first-order valence-corrected chi connectivity index (χ1v) is 7.81. The van der Waals surface area contributed by atoms with Crippen molar-refractivity contribution in [2.75, 3.05) is 20.8 Å². The van der Waals surface area contributed by atoms with Gasteiger partial charge in [-0.05, 0) is 36.1 Å². The minimum atomic E-state index is -0.0394. The SMILES string of the molecule is CNC(=O)c1ccccc1CC1COc2cc(OC)ccc2C1. The van der Waals surface area contributed by atoms with Crippen LogP contribution in [0.1, 0.15) is 21.5 Å². The van der Waals surface area contributed by atoms with Crippen LogP contribution in [-0.2, 0) is 12.8 Å². The Morgan fingerprint density at radius 3 is 2.91 bits per heavy atom. The number of fused-ring (bicyclic) bond motifs is 1. The molecule has 1 aliphatic rings. The Hall–Kier alpha value is -2.49. The van der Waals surface area contributed by atoms with E-state index in [1.54, 1.807) is 14.2 Å². The van der Waals surface area contributed by atoms with Gasteiger partial charge in [0.05, 0.1) is 13.7 Å². The van der Waals surface area contributed by atoms with Crippen LogP contribution in [0.15, 0.2) is 42.5 Å². The van der Waals surface area contributed by atoms with Crippen LogP contribution < -0.4 is 14.8 Å². The lowest BCUT2D eigenvalue weighted by Crippen LogP contribution is -2.25. The van der Waals surface area contributed by atoms with Gasteiger partial charge in [-0.1, -0.05) is 24.3 Å². The fourth-order valence-electron chi connectivity index (χ4n) is 3.04. The van der Waals surface area contributed by atoms with Gasteiger partial charge in [-0.3, -0.25) is 4.79 Å². The normalized spacial score (nSPS) is 16.2. The van der Waals surface area contributed by atoms with Crippen LogP contribution in [-0.4, -0.2) is 26.7 Å². The van der Waals surface area contributed by atoms with Crippen molar-refractivity contribution in [1.29, 1.82) is 0 Å². The first kappa shape index (κ1) is 15.4. The molecule has 0 fully saturated rings. The second kappa shape index (κ2) is 6.73. The first-order chi connectivity index (χ1) is 11.2. The summed E-state index contributed by atoms with van der Waals surface area (Å²) in [6.07, 6.45) is 1.77. The average Bonchev–Trinajstić information content (AvgIpc) is 2.61. The van der Waals surface area contributed by atoms with E-state index in [1.807, 2.05) is 36.4 Å². The summed E-state index contributed by atoms with van der Waals surface area (Å²) in [5.41, 5.74) is 3.01. The van der Waals surface area contributed by atoms with Crippen molar-refractivity contribution in [2.45, 2.75) is 12.8 Å². The third kappa shape index (κ3) is 3.31. The summed E-state index contributed by atoms with van der Waals surface area (Å²) in [6, 6.07) is 13.7. The highest BCUT2D eigenvalue weighted by atomic mass is 16.5. The van der Waals surface area contributed by atoms with Crippen molar-refractivity contribution >= 4 is 5.91 Å². The van der Waals surface area contributed by atoms with Crippen molar-refractivity contribution < 1.29 is 14.3 Å². The Labute approximate surface area is 136 Å². The van der Waals surface area contributed by atoms with E-state index in [4.69, 9.17) is 9.47 Å². The molecule has 120 valence electrons. The zero-order valence-electron chi connectivity index (χ0n) is 13.5. The number of carbonyl (C=O) groups excluding carboxylic acids is 1. The van der Waals surface area contributed by atoms with E-state index in [2.05, 4.69) is 11.4 Å². The Morgan fingerprint density at radius 2 is 2.13 bits per heavy atom. The minimum Gasteiger partial charge on any atom is -0.497 e. The third-order valence-corrected chi connectivity index (χ3v) is 4.26. The maximum Gasteiger partial charge on any atom is 0.251 e. The second-order valence-electron chi connectivity index (χ2n) is 5.80. The second-order valence-corrected chi connectivity index (χ2v) is 5.80. The van der Waals surface area contributed by atoms with E-state index in [1.165, 1.54) is 5.56 Å². The molecule has 0 aromatic heterocycles. The highest BCUT2D eigenvalue weighted by molar-refractivity contribution is 5.95. The van der Waals surface area contributed by atoms with Crippen molar-refractivity contribution in [3.8, 4) is 11.5 Å². The smallest absolute Gasteiger partial charge is 0.251 e. The Kier molecular flexibility index (Phi) is 4.51. The summed E-state index contributed by atoms with van der Waals surface area (Å²) >= 11 is 0. The van der Waals surface area contributed by atoms with E-state index in [0.717, 1.165) is 35.5 Å². The summed E-state index contributed by atoms with van der Waals surface area (Å²) in [5.74, 6) is 2.04. The lowest BCUT2D eigenvalue weighted by Gasteiger charge is -2.26. The van der Waals surface area contributed by atoms with Gasteiger partial charge in [0.2, 0.25) is 0 Å². The van der Waals surface area contributed by atoms with Crippen LogP contribution in [0.3, 0.4) is 0 Å². The van der Waals surface area contributed by atoms with E-state index < -0.39 is 0 Å². The van der Waals surface area contributed by atoms with E-state index >= 15 is 0 Å². The lowest BCUT2D eigenvalue weighted by atomic mass is 9.89. The summed E-state index contributed by atoms with van der Waals surface area (Å²) in [4.78, 5) is 12.0. The van der Waals surface area contributed by atoms with Crippen LogP contribution >= 0.6 is 0 Å². The molecule has 2 aromatic rings. The molecule has 2 aromatic carbocycles. The molecule has 0 radical (unpaired) electrons. The molecular weight excluding hydrogens is 290 g/mol. The summed E-state index contributed by atoms with van der Waals surface area (Å²) in [7, 11) is 3.32. The summed E-state index contributed by atoms with van der Waals surface area (Å²) in [6.45, 7) is 0.655. The Morgan fingerprint density at radius 1 is 1.30 bits per heavy atom. The number of methoxy groups -OCH3 is 1. The van der Waals surface area contributed by atoms with Gasteiger partial charge < -0.3 is 14.8 Å². The van der Waals surface area contributed by atoms with Crippen molar-refractivity contribution in [3.63, 3.8) is 0 Å². The van der Waals surface area contributed by atoms with Gasteiger partial charge in [0, 0.05) is 24.6 Å². The number of ether oxygens (including phenoxy) is 2. The Balaban J connectivity index is 1.76. The predicted octanol–water partition coefficient (Wildman–Crippen LogP) is 2.85. The van der Waals surface area contributed by atoms with E-state index in [9.17, 15) is 4.79 Å². The van der Waals surface area contributed by atoms with Gasteiger partial charge in [-0.25, -0.2) is 0 Å². The van der Waals surface area contributed by atoms with Crippen LogP contribution in [0, 0.1) is 5.92 Å². The van der Waals surface area contributed by atoms with Gasteiger partial charge >= 0.3 is 0 Å². The van der Waals surface area contributed by atoms with Crippen molar-refractivity contribution in [2.24, 2.45) is 5.92 Å². The van der Waals surface area contributed by atoms with Gasteiger partial charge in [0.1, 0.15) is 11.5 Å². The number of nitrogens with one attached hydrogen (secondary N) is 1. The quantitative estimate of drug-likeness (QED) is 0.944. The molecule has 1 unspecified atom stereocenters. The van der Waals surface area contributed by atoms with Crippen molar-refractivity contribution in [3.05, 3.63) is 59.2 Å². The molecule has 1 amide bonds. The molecule has 0 bridgehead atoms. The first-order valence-electron chi connectivity index (χ1n) is 7.81. The zero-order chi connectivity index (χ0) is 16.2. The molecule has 1 atom stereocenters.